The molecule has 0 heteroatoms. The second-order valence-corrected chi connectivity index (χ2v) is 5.12. The van der Waals surface area contributed by atoms with Crippen LogP contribution in [0.1, 0.15) is 46.0 Å². The zero-order valence-corrected chi connectivity index (χ0v) is 7.84. The Balaban J connectivity index is 1.93. The van der Waals surface area contributed by atoms with Crippen LogP contribution in [0.2, 0.25) is 0 Å². The largest absolute Gasteiger partial charge is 0.0625 e. The van der Waals surface area contributed by atoms with Gasteiger partial charge in [0.25, 0.3) is 0 Å². The van der Waals surface area contributed by atoms with Crippen LogP contribution < -0.4 is 0 Å². The zero-order valence-electron chi connectivity index (χ0n) is 7.84. The van der Waals surface area contributed by atoms with Gasteiger partial charge in [0.15, 0.2) is 0 Å². The van der Waals surface area contributed by atoms with Gasteiger partial charge >= 0.3 is 0 Å². The van der Waals surface area contributed by atoms with Crippen molar-refractivity contribution in [3.63, 3.8) is 0 Å². The summed E-state index contributed by atoms with van der Waals surface area (Å²) in [4.78, 5) is 0. The highest BCUT2D eigenvalue weighted by Gasteiger charge is 2.33. The topological polar surface area (TPSA) is 0 Å². The molecule has 3 saturated carbocycles. The average Bonchev–Trinajstić information content (AvgIpc) is 1.77. The maximum absolute atomic E-state index is 2.44. The fourth-order valence-electron chi connectivity index (χ4n) is 3.28. The summed E-state index contributed by atoms with van der Waals surface area (Å²) >= 11 is 0. The fraction of sp³-hybridized carbons (Fsp3) is 1.00. The third kappa shape index (κ3) is 1.60. The minimum absolute atomic E-state index is 1.01. The van der Waals surface area contributed by atoms with E-state index in [1.807, 2.05) is 0 Å². The molecule has 3 fully saturated rings. The number of rotatable bonds is 0. The smallest absolute Gasteiger partial charge is 0.0406 e. The van der Waals surface area contributed by atoms with Crippen molar-refractivity contribution in [1.82, 2.24) is 0 Å². The van der Waals surface area contributed by atoms with E-state index < -0.39 is 0 Å². The van der Waals surface area contributed by atoms with E-state index in [9.17, 15) is 0 Å². The van der Waals surface area contributed by atoms with E-state index in [2.05, 4.69) is 13.8 Å². The lowest BCUT2D eigenvalue weighted by Crippen LogP contribution is -2.30. The molecule has 0 aromatic rings. The van der Waals surface area contributed by atoms with Gasteiger partial charge in [-0.2, -0.15) is 0 Å². The molecule has 0 radical (unpaired) electrons. The molecule has 0 nitrogen and oxygen atoms in total. The summed E-state index contributed by atoms with van der Waals surface area (Å²) < 4.78 is 0. The van der Waals surface area contributed by atoms with Crippen molar-refractivity contribution in [2.24, 2.45) is 23.7 Å². The van der Waals surface area contributed by atoms with E-state index in [1.165, 1.54) is 19.3 Å². The van der Waals surface area contributed by atoms with Crippen LogP contribution in [0.25, 0.3) is 0 Å². The lowest BCUT2D eigenvalue weighted by Gasteiger charge is -2.41. The summed E-state index contributed by atoms with van der Waals surface area (Å²) in [5.41, 5.74) is 0. The summed E-state index contributed by atoms with van der Waals surface area (Å²) in [5, 5.41) is 0. The Hall–Kier alpha value is 0. The van der Waals surface area contributed by atoms with Gasteiger partial charge in [-0.15, -0.1) is 0 Å². The first kappa shape index (κ1) is 7.64. The lowest BCUT2D eigenvalue weighted by atomic mass is 9.64. The third-order valence-electron chi connectivity index (χ3n) is 3.61. The van der Waals surface area contributed by atoms with Gasteiger partial charge in [-0.3, -0.25) is 0 Å². The first-order valence-corrected chi connectivity index (χ1v) is 5.24. The molecule has 3 rings (SSSR count). The van der Waals surface area contributed by atoms with Gasteiger partial charge in [0.2, 0.25) is 0 Å². The Labute approximate surface area is 70.4 Å². The van der Waals surface area contributed by atoms with Crippen molar-refractivity contribution in [2.75, 3.05) is 0 Å². The molecule has 0 saturated heterocycles. The molecule has 0 heterocycles. The Morgan fingerprint density at radius 3 is 1.55 bits per heavy atom. The standard InChI is InChI=1S/C11H20/c1-8-3-9(2)5-11-6-10(4-8)7-11/h8-11H,3-7H2,1-2H3. The van der Waals surface area contributed by atoms with E-state index in [0.717, 1.165) is 23.7 Å². The summed E-state index contributed by atoms with van der Waals surface area (Å²) in [7, 11) is 0. The summed E-state index contributed by atoms with van der Waals surface area (Å²) in [6, 6.07) is 0. The second kappa shape index (κ2) is 2.80. The SMILES string of the molecule is CC1CC(C)CC2CC(C1)C2. The van der Waals surface area contributed by atoms with Crippen LogP contribution >= 0.6 is 0 Å². The van der Waals surface area contributed by atoms with Crippen LogP contribution in [0.3, 0.4) is 0 Å². The van der Waals surface area contributed by atoms with Crippen LogP contribution in [0.4, 0.5) is 0 Å². The molecule has 0 aromatic carbocycles. The summed E-state index contributed by atoms with van der Waals surface area (Å²) in [5.74, 6) is 4.28. The van der Waals surface area contributed by atoms with Crippen LogP contribution in [-0.4, -0.2) is 0 Å². The van der Waals surface area contributed by atoms with Crippen LogP contribution in [0.5, 0.6) is 0 Å². The Bertz CT molecular complexity index is 115. The Kier molecular flexibility index (Phi) is 1.95. The van der Waals surface area contributed by atoms with Crippen LogP contribution in [-0.2, 0) is 0 Å². The predicted molar refractivity (Wildman–Crippen MR) is 48.4 cm³/mol. The van der Waals surface area contributed by atoms with Gasteiger partial charge in [-0.25, -0.2) is 0 Å². The highest BCUT2D eigenvalue weighted by Crippen LogP contribution is 2.45. The van der Waals surface area contributed by atoms with Gasteiger partial charge < -0.3 is 0 Å². The summed E-state index contributed by atoms with van der Waals surface area (Å²) in [6.45, 7) is 4.88. The Morgan fingerprint density at radius 1 is 0.636 bits per heavy atom. The van der Waals surface area contributed by atoms with Gasteiger partial charge in [-0.1, -0.05) is 13.8 Å². The normalized spacial score (nSPS) is 50.7. The quantitative estimate of drug-likeness (QED) is 0.498. The zero-order chi connectivity index (χ0) is 7.84. The van der Waals surface area contributed by atoms with Crippen LogP contribution in [0, 0.1) is 23.7 Å². The minimum Gasteiger partial charge on any atom is -0.0625 e. The maximum Gasteiger partial charge on any atom is -0.0406 e. The van der Waals surface area contributed by atoms with Crippen molar-refractivity contribution in [1.29, 1.82) is 0 Å². The van der Waals surface area contributed by atoms with E-state index >= 15 is 0 Å². The molecule has 0 spiro atoms. The van der Waals surface area contributed by atoms with Gasteiger partial charge in [0, 0.05) is 0 Å². The number of hydrogen-bond donors (Lipinski definition) is 0. The molecule has 3 aliphatic carbocycles. The molecule has 2 unspecified atom stereocenters. The molecule has 0 N–H and O–H groups in total. The van der Waals surface area contributed by atoms with Gasteiger partial charge in [-0.05, 0) is 55.8 Å². The van der Waals surface area contributed by atoms with Crippen molar-refractivity contribution in [3.8, 4) is 0 Å². The third-order valence-corrected chi connectivity index (χ3v) is 3.61. The molecule has 2 atom stereocenters. The fourth-order valence-corrected chi connectivity index (χ4v) is 3.28. The molecule has 11 heavy (non-hydrogen) atoms. The van der Waals surface area contributed by atoms with Crippen molar-refractivity contribution in [3.05, 3.63) is 0 Å². The van der Waals surface area contributed by atoms with E-state index in [1.54, 1.807) is 12.8 Å². The Morgan fingerprint density at radius 2 is 1.09 bits per heavy atom. The van der Waals surface area contributed by atoms with E-state index in [4.69, 9.17) is 0 Å². The minimum atomic E-state index is 1.01. The highest BCUT2D eigenvalue weighted by atomic mass is 14.4. The average molecular weight is 152 g/mol. The van der Waals surface area contributed by atoms with Crippen molar-refractivity contribution in [2.45, 2.75) is 46.0 Å². The predicted octanol–water partition coefficient (Wildman–Crippen LogP) is 3.47. The number of hydrogen-bond acceptors (Lipinski definition) is 0. The lowest BCUT2D eigenvalue weighted by molar-refractivity contribution is 0.0990. The number of fused-ring (bicyclic) bond motifs is 4. The van der Waals surface area contributed by atoms with Crippen LogP contribution in [0.15, 0.2) is 0 Å². The molecule has 2 bridgehead atoms. The van der Waals surface area contributed by atoms with E-state index in [0.29, 0.717) is 0 Å². The molecule has 64 valence electrons. The van der Waals surface area contributed by atoms with Gasteiger partial charge in [0.1, 0.15) is 0 Å². The first-order chi connectivity index (χ1) is 5.24. The maximum atomic E-state index is 2.44. The van der Waals surface area contributed by atoms with Crippen molar-refractivity contribution >= 4 is 0 Å². The van der Waals surface area contributed by atoms with Gasteiger partial charge in [0.05, 0.1) is 0 Å². The summed E-state index contributed by atoms with van der Waals surface area (Å²) in [6.07, 6.45) is 7.68. The van der Waals surface area contributed by atoms with E-state index in [-0.39, 0.29) is 0 Å². The molecular formula is C11H20. The highest BCUT2D eigenvalue weighted by molar-refractivity contribution is 4.84. The monoisotopic (exact) mass is 152 g/mol. The molecule has 0 aromatic heterocycles. The molecule has 0 amide bonds. The molecular weight excluding hydrogens is 132 g/mol. The molecule has 3 aliphatic rings. The van der Waals surface area contributed by atoms with Crippen molar-refractivity contribution < 1.29 is 0 Å². The second-order valence-electron chi connectivity index (χ2n) is 5.12. The molecule has 0 aliphatic heterocycles. The first-order valence-electron chi connectivity index (χ1n) is 5.24.